The number of ether oxygens (including phenoxy) is 3. The fraction of sp³-hybridized carbons (Fsp3) is 0.308. The van der Waals surface area contributed by atoms with Gasteiger partial charge in [0, 0.05) is 19.6 Å². The Morgan fingerprint density at radius 1 is 0.935 bits per heavy atom. The molecular formula is C26H29NO4. The molecule has 1 atom stereocenters. The highest BCUT2D eigenvalue weighted by Crippen LogP contribution is 2.33. The maximum Gasteiger partial charge on any atom is 0.231 e. The zero-order valence-corrected chi connectivity index (χ0v) is 18.1. The minimum Gasteiger partial charge on any atom is -0.491 e. The van der Waals surface area contributed by atoms with Gasteiger partial charge in [0.25, 0.3) is 0 Å². The topological polar surface area (TPSA) is 51.2 Å². The first kappa shape index (κ1) is 21.2. The standard InChI is InChI=1S/C26H29NO4/c1-19-8-9-20(2)22(12-19)15-27(14-21-10-11-25-26(13-21)31-18-30-25)16-23(28)17-29-24-6-4-3-5-7-24/h3-13,23,28H,14-18H2,1-2H3. The van der Waals surface area contributed by atoms with Gasteiger partial charge >= 0.3 is 0 Å². The summed E-state index contributed by atoms with van der Waals surface area (Å²) in [5.74, 6) is 2.32. The Bertz CT molecular complexity index is 1010. The molecule has 0 radical (unpaired) electrons. The smallest absolute Gasteiger partial charge is 0.231 e. The lowest BCUT2D eigenvalue weighted by atomic mass is 10.0. The van der Waals surface area contributed by atoms with E-state index in [0.717, 1.165) is 29.4 Å². The summed E-state index contributed by atoms with van der Waals surface area (Å²) in [6, 6.07) is 22.1. The first-order valence-electron chi connectivity index (χ1n) is 10.6. The Labute approximate surface area is 183 Å². The molecule has 0 spiro atoms. The lowest BCUT2D eigenvalue weighted by Crippen LogP contribution is -2.35. The van der Waals surface area contributed by atoms with Gasteiger partial charge in [0.05, 0.1) is 0 Å². The fourth-order valence-electron chi connectivity index (χ4n) is 3.75. The number of hydrogen-bond acceptors (Lipinski definition) is 5. The zero-order valence-electron chi connectivity index (χ0n) is 18.1. The van der Waals surface area contributed by atoms with Crippen LogP contribution in [-0.4, -0.2) is 36.1 Å². The van der Waals surface area contributed by atoms with Gasteiger partial charge in [-0.15, -0.1) is 0 Å². The number of benzene rings is 3. The van der Waals surface area contributed by atoms with Crippen LogP contribution in [0.3, 0.4) is 0 Å². The average Bonchev–Trinajstić information content (AvgIpc) is 3.23. The number of hydrogen-bond donors (Lipinski definition) is 1. The number of fused-ring (bicyclic) bond motifs is 1. The minimum atomic E-state index is -0.612. The molecular weight excluding hydrogens is 390 g/mol. The lowest BCUT2D eigenvalue weighted by Gasteiger charge is -2.26. The van der Waals surface area contributed by atoms with Crippen LogP contribution in [0.2, 0.25) is 0 Å². The molecule has 0 amide bonds. The van der Waals surface area contributed by atoms with Crippen molar-refractivity contribution in [1.82, 2.24) is 4.90 Å². The van der Waals surface area contributed by atoms with Crippen molar-refractivity contribution < 1.29 is 19.3 Å². The number of aryl methyl sites for hydroxylation is 2. The summed E-state index contributed by atoms with van der Waals surface area (Å²) in [7, 11) is 0. The zero-order chi connectivity index (χ0) is 21.6. The van der Waals surface area contributed by atoms with E-state index in [4.69, 9.17) is 14.2 Å². The molecule has 0 aliphatic carbocycles. The number of rotatable bonds is 9. The van der Waals surface area contributed by atoms with Gasteiger partial charge in [-0.3, -0.25) is 4.90 Å². The summed E-state index contributed by atoms with van der Waals surface area (Å²) in [6.45, 7) is 6.66. The van der Waals surface area contributed by atoms with Crippen LogP contribution in [0.15, 0.2) is 66.7 Å². The molecule has 3 aromatic carbocycles. The molecule has 5 nitrogen and oxygen atoms in total. The monoisotopic (exact) mass is 419 g/mol. The van der Waals surface area contributed by atoms with E-state index < -0.39 is 6.10 Å². The highest BCUT2D eigenvalue weighted by atomic mass is 16.7. The summed E-state index contributed by atoms with van der Waals surface area (Å²) in [4.78, 5) is 2.25. The van der Waals surface area contributed by atoms with E-state index in [1.165, 1.54) is 16.7 Å². The van der Waals surface area contributed by atoms with Crippen molar-refractivity contribution in [3.63, 3.8) is 0 Å². The van der Waals surface area contributed by atoms with Gasteiger partial charge in [0.1, 0.15) is 18.5 Å². The van der Waals surface area contributed by atoms with Crippen LogP contribution >= 0.6 is 0 Å². The fourth-order valence-corrected chi connectivity index (χ4v) is 3.75. The Balaban J connectivity index is 1.46. The Kier molecular flexibility index (Phi) is 6.75. The summed E-state index contributed by atoms with van der Waals surface area (Å²) in [5.41, 5.74) is 4.86. The SMILES string of the molecule is Cc1ccc(C)c(CN(Cc2ccc3c(c2)OCO3)CC(O)COc2ccccc2)c1. The number of nitrogens with zero attached hydrogens (tertiary/aromatic N) is 1. The van der Waals surface area contributed by atoms with Crippen LogP contribution in [0.1, 0.15) is 22.3 Å². The van der Waals surface area contributed by atoms with E-state index >= 15 is 0 Å². The van der Waals surface area contributed by atoms with Crippen molar-refractivity contribution in [3.8, 4) is 17.2 Å². The van der Waals surface area contributed by atoms with Gasteiger partial charge in [-0.25, -0.2) is 0 Å². The Morgan fingerprint density at radius 2 is 1.74 bits per heavy atom. The first-order chi connectivity index (χ1) is 15.1. The van der Waals surface area contributed by atoms with E-state index in [-0.39, 0.29) is 13.4 Å². The maximum absolute atomic E-state index is 10.7. The van der Waals surface area contributed by atoms with E-state index in [1.807, 2.05) is 42.5 Å². The second kappa shape index (κ2) is 9.86. The normalized spacial score (nSPS) is 13.4. The summed E-state index contributed by atoms with van der Waals surface area (Å²) in [6.07, 6.45) is -0.612. The van der Waals surface area contributed by atoms with Crippen molar-refractivity contribution in [2.24, 2.45) is 0 Å². The van der Waals surface area contributed by atoms with E-state index in [2.05, 4.69) is 43.0 Å². The molecule has 0 saturated carbocycles. The van der Waals surface area contributed by atoms with Gasteiger partial charge in [-0.05, 0) is 54.8 Å². The second-order valence-electron chi connectivity index (χ2n) is 8.07. The van der Waals surface area contributed by atoms with Crippen LogP contribution in [0.5, 0.6) is 17.2 Å². The van der Waals surface area contributed by atoms with Gasteiger partial charge in [0.15, 0.2) is 11.5 Å². The third kappa shape index (κ3) is 5.78. The molecule has 1 aliphatic rings. The van der Waals surface area contributed by atoms with Crippen LogP contribution in [0.4, 0.5) is 0 Å². The largest absolute Gasteiger partial charge is 0.491 e. The third-order valence-electron chi connectivity index (χ3n) is 5.40. The van der Waals surface area contributed by atoms with Gasteiger partial charge in [-0.1, -0.05) is 48.0 Å². The van der Waals surface area contributed by atoms with Crippen molar-refractivity contribution in [2.75, 3.05) is 19.9 Å². The molecule has 1 heterocycles. The highest BCUT2D eigenvalue weighted by Gasteiger charge is 2.18. The molecule has 0 saturated heterocycles. The Hall–Kier alpha value is -3.02. The predicted octanol–water partition coefficient (Wildman–Crippen LogP) is 4.47. The molecule has 0 bridgehead atoms. The molecule has 31 heavy (non-hydrogen) atoms. The molecule has 0 fully saturated rings. The molecule has 1 unspecified atom stereocenters. The molecule has 0 aromatic heterocycles. The summed E-state index contributed by atoms with van der Waals surface area (Å²) >= 11 is 0. The molecule has 5 heteroatoms. The van der Waals surface area contributed by atoms with E-state index in [9.17, 15) is 5.11 Å². The highest BCUT2D eigenvalue weighted by molar-refractivity contribution is 5.44. The molecule has 1 N–H and O–H groups in total. The maximum atomic E-state index is 10.7. The predicted molar refractivity (Wildman–Crippen MR) is 121 cm³/mol. The van der Waals surface area contributed by atoms with Gasteiger partial charge in [-0.2, -0.15) is 0 Å². The molecule has 3 aromatic rings. The quantitative estimate of drug-likeness (QED) is 0.554. The van der Waals surface area contributed by atoms with Crippen molar-refractivity contribution in [2.45, 2.75) is 33.0 Å². The van der Waals surface area contributed by atoms with Crippen molar-refractivity contribution in [1.29, 1.82) is 0 Å². The molecule has 162 valence electrons. The van der Waals surface area contributed by atoms with Crippen LogP contribution in [0, 0.1) is 13.8 Å². The number of para-hydroxylation sites is 1. The van der Waals surface area contributed by atoms with Crippen molar-refractivity contribution >= 4 is 0 Å². The third-order valence-corrected chi connectivity index (χ3v) is 5.40. The van der Waals surface area contributed by atoms with Gasteiger partial charge in [0.2, 0.25) is 6.79 Å². The lowest BCUT2D eigenvalue weighted by molar-refractivity contribution is 0.0627. The van der Waals surface area contributed by atoms with E-state index in [1.54, 1.807) is 0 Å². The second-order valence-corrected chi connectivity index (χ2v) is 8.07. The van der Waals surface area contributed by atoms with E-state index in [0.29, 0.717) is 13.1 Å². The molecule has 1 aliphatic heterocycles. The summed E-state index contributed by atoms with van der Waals surface area (Å²) in [5, 5.41) is 10.7. The number of aliphatic hydroxyl groups is 1. The van der Waals surface area contributed by atoms with Gasteiger partial charge < -0.3 is 19.3 Å². The minimum absolute atomic E-state index is 0.244. The van der Waals surface area contributed by atoms with Crippen LogP contribution in [-0.2, 0) is 13.1 Å². The van der Waals surface area contributed by atoms with Crippen LogP contribution in [0.25, 0.3) is 0 Å². The Morgan fingerprint density at radius 3 is 2.58 bits per heavy atom. The number of aliphatic hydroxyl groups excluding tert-OH is 1. The first-order valence-corrected chi connectivity index (χ1v) is 10.6. The molecule has 4 rings (SSSR count). The summed E-state index contributed by atoms with van der Waals surface area (Å²) < 4.78 is 16.7. The average molecular weight is 420 g/mol. The van der Waals surface area contributed by atoms with Crippen LogP contribution < -0.4 is 14.2 Å². The van der Waals surface area contributed by atoms with Crippen molar-refractivity contribution in [3.05, 3.63) is 89.0 Å².